The van der Waals surface area contributed by atoms with E-state index in [-0.39, 0.29) is 24.9 Å². The van der Waals surface area contributed by atoms with Crippen LogP contribution in [0.25, 0.3) is 0 Å². The van der Waals surface area contributed by atoms with Gasteiger partial charge in [0.25, 0.3) is 0 Å². The lowest BCUT2D eigenvalue weighted by molar-refractivity contribution is -0.128. The Balaban J connectivity index is 1.76. The molecule has 8 nitrogen and oxygen atoms in total. The Labute approximate surface area is 160 Å². The Morgan fingerprint density at radius 2 is 1.81 bits per heavy atom. The highest BCUT2D eigenvalue weighted by atomic mass is 16.5. The number of nitrogens with zero attached hydrogens (tertiary/aromatic N) is 2. The first kappa shape index (κ1) is 20.5. The predicted octanol–water partition coefficient (Wildman–Crippen LogP) is 0.489. The fraction of sp³-hybridized carbons (Fsp3) is 0.526. The van der Waals surface area contributed by atoms with Gasteiger partial charge in [0.15, 0.2) is 5.96 Å². The molecular formula is C19H29N5O3. The molecule has 1 aliphatic heterocycles. The SMILES string of the molecule is CCNC(=NCC(=O)NCc1ccc(OC)cc1)NCC(=O)N1CCCC1. The van der Waals surface area contributed by atoms with Crippen molar-refractivity contribution in [2.75, 3.05) is 39.8 Å². The molecule has 1 aromatic rings. The highest BCUT2D eigenvalue weighted by Crippen LogP contribution is 2.10. The molecule has 2 amide bonds. The maximum absolute atomic E-state index is 12.1. The van der Waals surface area contributed by atoms with Crippen molar-refractivity contribution in [3.05, 3.63) is 29.8 Å². The third-order valence-electron chi connectivity index (χ3n) is 4.24. The number of carbonyl (C=O) groups is 2. The van der Waals surface area contributed by atoms with Gasteiger partial charge in [-0.15, -0.1) is 0 Å². The van der Waals surface area contributed by atoms with E-state index in [1.165, 1.54) is 0 Å². The van der Waals surface area contributed by atoms with Crippen LogP contribution in [-0.4, -0.2) is 62.5 Å². The quantitative estimate of drug-likeness (QED) is 0.454. The molecule has 0 radical (unpaired) electrons. The van der Waals surface area contributed by atoms with Crippen molar-refractivity contribution in [1.82, 2.24) is 20.9 Å². The number of methoxy groups -OCH3 is 1. The fourth-order valence-corrected chi connectivity index (χ4v) is 2.73. The van der Waals surface area contributed by atoms with Crippen LogP contribution in [0.1, 0.15) is 25.3 Å². The number of nitrogens with one attached hydrogen (secondary N) is 3. The van der Waals surface area contributed by atoms with Gasteiger partial charge >= 0.3 is 0 Å². The average Bonchev–Trinajstić information content (AvgIpc) is 3.23. The summed E-state index contributed by atoms with van der Waals surface area (Å²) in [6.45, 7) is 4.82. The highest BCUT2D eigenvalue weighted by Gasteiger charge is 2.17. The molecule has 8 heteroatoms. The first-order valence-electron chi connectivity index (χ1n) is 9.32. The molecule has 2 rings (SSSR count). The minimum Gasteiger partial charge on any atom is -0.497 e. The number of likely N-dealkylation sites (tertiary alicyclic amines) is 1. The zero-order valence-corrected chi connectivity index (χ0v) is 16.1. The molecular weight excluding hydrogens is 346 g/mol. The van der Waals surface area contributed by atoms with Gasteiger partial charge in [-0.3, -0.25) is 9.59 Å². The number of hydrogen-bond donors (Lipinski definition) is 3. The van der Waals surface area contributed by atoms with Crippen molar-refractivity contribution < 1.29 is 14.3 Å². The van der Waals surface area contributed by atoms with Gasteiger partial charge in [0, 0.05) is 26.2 Å². The monoisotopic (exact) mass is 375 g/mol. The maximum Gasteiger partial charge on any atom is 0.242 e. The van der Waals surface area contributed by atoms with Crippen molar-refractivity contribution in [3.63, 3.8) is 0 Å². The number of rotatable bonds is 8. The molecule has 0 atom stereocenters. The second kappa shape index (κ2) is 11.1. The Kier molecular flexibility index (Phi) is 8.41. The Morgan fingerprint density at radius 3 is 2.44 bits per heavy atom. The molecule has 1 heterocycles. The molecule has 0 unspecified atom stereocenters. The first-order chi connectivity index (χ1) is 13.1. The van der Waals surface area contributed by atoms with E-state index >= 15 is 0 Å². The van der Waals surface area contributed by atoms with Crippen molar-refractivity contribution in [3.8, 4) is 5.75 Å². The summed E-state index contributed by atoms with van der Waals surface area (Å²) < 4.78 is 5.11. The Hall–Kier alpha value is -2.77. The topological polar surface area (TPSA) is 95.1 Å². The molecule has 1 aromatic carbocycles. The zero-order valence-electron chi connectivity index (χ0n) is 16.1. The van der Waals surface area contributed by atoms with Crippen LogP contribution in [0.15, 0.2) is 29.3 Å². The second-order valence-electron chi connectivity index (χ2n) is 6.26. The van der Waals surface area contributed by atoms with Crippen molar-refractivity contribution in [2.45, 2.75) is 26.3 Å². The van der Waals surface area contributed by atoms with Crippen LogP contribution in [0.3, 0.4) is 0 Å². The third kappa shape index (κ3) is 7.16. The van der Waals surface area contributed by atoms with Crippen molar-refractivity contribution >= 4 is 17.8 Å². The normalized spacial score (nSPS) is 14.0. The highest BCUT2D eigenvalue weighted by molar-refractivity contribution is 5.88. The number of benzene rings is 1. The molecule has 0 aromatic heterocycles. The largest absolute Gasteiger partial charge is 0.497 e. The maximum atomic E-state index is 12.1. The van der Waals surface area contributed by atoms with Crippen LogP contribution in [-0.2, 0) is 16.1 Å². The molecule has 148 valence electrons. The molecule has 0 bridgehead atoms. The Morgan fingerprint density at radius 1 is 1.11 bits per heavy atom. The standard InChI is InChI=1S/C19H29N5O3/c1-3-20-19(23-14-18(26)24-10-4-5-11-24)22-13-17(25)21-12-15-6-8-16(27-2)9-7-15/h6-9H,3-5,10-14H2,1-2H3,(H,21,25)(H2,20,22,23). The van der Waals surface area contributed by atoms with Gasteiger partial charge in [-0.05, 0) is 37.5 Å². The summed E-state index contributed by atoms with van der Waals surface area (Å²) in [5, 5.41) is 8.86. The van der Waals surface area contributed by atoms with E-state index in [0.29, 0.717) is 19.0 Å². The lowest BCUT2D eigenvalue weighted by Gasteiger charge is -2.17. The van der Waals surface area contributed by atoms with Crippen LogP contribution in [0.5, 0.6) is 5.75 Å². The average molecular weight is 375 g/mol. The smallest absolute Gasteiger partial charge is 0.242 e. The van der Waals surface area contributed by atoms with E-state index in [1.54, 1.807) is 7.11 Å². The van der Waals surface area contributed by atoms with Crippen LogP contribution < -0.4 is 20.7 Å². The van der Waals surface area contributed by atoms with Crippen LogP contribution in [0.4, 0.5) is 0 Å². The van der Waals surface area contributed by atoms with Crippen molar-refractivity contribution in [2.24, 2.45) is 4.99 Å². The Bertz CT molecular complexity index is 639. The summed E-state index contributed by atoms with van der Waals surface area (Å²) in [5.41, 5.74) is 0.981. The van der Waals surface area contributed by atoms with Gasteiger partial charge in [0.05, 0.1) is 13.7 Å². The molecule has 0 aliphatic carbocycles. The van der Waals surface area contributed by atoms with Gasteiger partial charge in [0.1, 0.15) is 12.3 Å². The number of amides is 2. The minimum absolute atomic E-state index is 0.0105. The fourth-order valence-electron chi connectivity index (χ4n) is 2.73. The molecule has 1 fully saturated rings. The number of carbonyl (C=O) groups excluding carboxylic acids is 2. The van der Waals surface area contributed by atoms with E-state index in [1.807, 2.05) is 36.1 Å². The summed E-state index contributed by atoms with van der Waals surface area (Å²) in [6, 6.07) is 7.50. The van der Waals surface area contributed by atoms with Crippen LogP contribution in [0.2, 0.25) is 0 Å². The van der Waals surface area contributed by atoms with Gasteiger partial charge in [-0.25, -0.2) is 4.99 Å². The third-order valence-corrected chi connectivity index (χ3v) is 4.24. The molecule has 0 saturated carbocycles. The van der Waals surface area contributed by atoms with Crippen LogP contribution >= 0.6 is 0 Å². The van der Waals surface area contributed by atoms with Crippen LogP contribution in [0, 0.1) is 0 Å². The number of hydrogen-bond acceptors (Lipinski definition) is 4. The molecule has 3 N–H and O–H groups in total. The second-order valence-corrected chi connectivity index (χ2v) is 6.26. The summed E-state index contributed by atoms with van der Waals surface area (Å²) in [5.74, 6) is 1.11. The van der Waals surface area contributed by atoms with Gasteiger partial charge in [-0.2, -0.15) is 0 Å². The van der Waals surface area contributed by atoms with E-state index in [0.717, 1.165) is 37.2 Å². The van der Waals surface area contributed by atoms with Gasteiger partial charge in [-0.1, -0.05) is 12.1 Å². The van der Waals surface area contributed by atoms with E-state index in [4.69, 9.17) is 4.74 Å². The zero-order chi connectivity index (χ0) is 19.5. The predicted molar refractivity (Wildman–Crippen MR) is 105 cm³/mol. The summed E-state index contributed by atoms with van der Waals surface area (Å²) in [7, 11) is 1.61. The molecule has 1 saturated heterocycles. The summed E-state index contributed by atoms with van der Waals surface area (Å²) >= 11 is 0. The van der Waals surface area contributed by atoms with E-state index in [2.05, 4.69) is 20.9 Å². The van der Waals surface area contributed by atoms with E-state index < -0.39 is 0 Å². The number of aliphatic imine (C=N–C) groups is 1. The lowest BCUT2D eigenvalue weighted by Crippen LogP contribution is -2.44. The number of ether oxygens (including phenoxy) is 1. The molecule has 0 spiro atoms. The van der Waals surface area contributed by atoms with Gasteiger partial charge in [0.2, 0.25) is 11.8 Å². The van der Waals surface area contributed by atoms with Gasteiger partial charge < -0.3 is 25.6 Å². The summed E-state index contributed by atoms with van der Waals surface area (Å²) in [4.78, 5) is 30.2. The molecule has 27 heavy (non-hydrogen) atoms. The van der Waals surface area contributed by atoms with Crippen molar-refractivity contribution in [1.29, 1.82) is 0 Å². The molecule has 1 aliphatic rings. The number of guanidine groups is 1. The summed E-state index contributed by atoms with van der Waals surface area (Å²) in [6.07, 6.45) is 2.13. The first-order valence-corrected chi connectivity index (χ1v) is 9.32. The van der Waals surface area contributed by atoms with E-state index in [9.17, 15) is 9.59 Å². The minimum atomic E-state index is -0.186. The lowest BCUT2D eigenvalue weighted by atomic mass is 10.2.